The zero-order valence-electron chi connectivity index (χ0n) is 16.5. The minimum absolute atomic E-state index is 0.178. The van der Waals surface area contributed by atoms with Gasteiger partial charge in [0, 0.05) is 12.6 Å². The highest BCUT2D eigenvalue weighted by Crippen LogP contribution is 2.27. The fraction of sp³-hybridized carbons (Fsp3) is 0.174. The highest BCUT2D eigenvalue weighted by Gasteiger charge is 2.20. The van der Waals surface area contributed by atoms with Gasteiger partial charge in [-0.15, -0.1) is 0 Å². The third-order valence-corrected chi connectivity index (χ3v) is 4.80. The minimum atomic E-state index is -0.178. The number of benzene rings is 3. The van der Waals surface area contributed by atoms with Gasteiger partial charge in [-0.1, -0.05) is 59.3 Å². The van der Waals surface area contributed by atoms with Gasteiger partial charge in [0.2, 0.25) is 11.7 Å². The summed E-state index contributed by atoms with van der Waals surface area (Å²) in [5, 5.41) is 6.02. The van der Waals surface area contributed by atoms with E-state index in [1.807, 2.05) is 67.6 Å². The Morgan fingerprint density at radius 1 is 1.07 bits per heavy atom. The summed E-state index contributed by atoms with van der Waals surface area (Å²) in [5.41, 5.74) is 2.52. The van der Waals surface area contributed by atoms with Crippen molar-refractivity contribution in [1.82, 2.24) is 15.0 Å². The SMILES string of the molecule is COc1cc2ccccc2cc1C(=O)N(C)Cc1nc(-c2ccc(C)cc2)no1. The average molecular weight is 387 g/mol. The summed E-state index contributed by atoms with van der Waals surface area (Å²) in [6, 6.07) is 19.4. The molecule has 0 aliphatic rings. The number of carbonyl (C=O) groups excluding carboxylic acids is 1. The van der Waals surface area contributed by atoms with Gasteiger partial charge < -0.3 is 14.2 Å². The van der Waals surface area contributed by atoms with Crippen LogP contribution in [-0.4, -0.2) is 35.1 Å². The second-order valence-corrected chi connectivity index (χ2v) is 6.94. The number of aromatic nitrogens is 2. The average Bonchev–Trinajstić information content (AvgIpc) is 3.21. The molecule has 0 N–H and O–H groups in total. The Kier molecular flexibility index (Phi) is 4.99. The van der Waals surface area contributed by atoms with Gasteiger partial charge in [-0.3, -0.25) is 4.79 Å². The molecule has 0 aliphatic carbocycles. The third kappa shape index (κ3) is 3.82. The molecule has 0 atom stereocenters. The van der Waals surface area contributed by atoms with Crippen LogP contribution in [0.1, 0.15) is 21.8 Å². The van der Waals surface area contributed by atoms with E-state index in [4.69, 9.17) is 9.26 Å². The molecule has 0 bridgehead atoms. The van der Waals surface area contributed by atoms with Gasteiger partial charge in [0.05, 0.1) is 12.7 Å². The van der Waals surface area contributed by atoms with Crippen LogP contribution in [0.25, 0.3) is 22.2 Å². The number of ether oxygens (including phenoxy) is 1. The quantitative estimate of drug-likeness (QED) is 0.505. The molecule has 6 nitrogen and oxygen atoms in total. The largest absolute Gasteiger partial charge is 0.496 e. The Morgan fingerprint density at radius 2 is 1.76 bits per heavy atom. The second kappa shape index (κ2) is 7.75. The topological polar surface area (TPSA) is 68.5 Å². The van der Waals surface area contributed by atoms with Crippen LogP contribution in [0.4, 0.5) is 0 Å². The Balaban J connectivity index is 1.56. The van der Waals surface area contributed by atoms with Gasteiger partial charge in [0.1, 0.15) is 12.3 Å². The first kappa shape index (κ1) is 18.7. The van der Waals surface area contributed by atoms with Crippen LogP contribution in [0, 0.1) is 6.92 Å². The zero-order chi connectivity index (χ0) is 20.4. The van der Waals surface area contributed by atoms with E-state index >= 15 is 0 Å². The van der Waals surface area contributed by atoms with Gasteiger partial charge in [-0.25, -0.2) is 0 Å². The molecule has 29 heavy (non-hydrogen) atoms. The number of nitrogens with zero attached hydrogens (tertiary/aromatic N) is 3. The number of rotatable bonds is 5. The lowest BCUT2D eigenvalue weighted by Crippen LogP contribution is -2.26. The molecule has 0 aliphatic heterocycles. The molecule has 6 heteroatoms. The zero-order valence-corrected chi connectivity index (χ0v) is 16.5. The van der Waals surface area contributed by atoms with Crippen LogP contribution in [0.2, 0.25) is 0 Å². The predicted molar refractivity (Wildman–Crippen MR) is 111 cm³/mol. The molecule has 3 aromatic carbocycles. The summed E-state index contributed by atoms with van der Waals surface area (Å²) < 4.78 is 10.8. The Labute approximate surface area is 168 Å². The first-order valence-corrected chi connectivity index (χ1v) is 9.27. The van der Waals surface area contributed by atoms with Gasteiger partial charge >= 0.3 is 0 Å². The molecule has 0 saturated carbocycles. The summed E-state index contributed by atoms with van der Waals surface area (Å²) in [7, 11) is 3.26. The van der Waals surface area contributed by atoms with Gasteiger partial charge in [0.15, 0.2) is 0 Å². The van der Waals surface area contributed by atoms with Crippen molar-refractivity contribution < 1.29 is 14.1 Å². The van der Waals surface area contributed by atoms with E-state index in [1.165, 1.54) is 0 Å². The second-order valence-electron chi connectivity index (χ2n) is 6.94. The lowest BCUT2D eigenvalue weighted by atomic mass is 10.0. The summed E-state index contributed by atoms with van der Waals surface area (Å²) in [5.74, 6) is 1.23. The maximum atomic E-state index is 13.0. The van der Waals surface area contributed by atoms with Gasteiger partial charge in [-0.05, 0) is 29.8 Å². The molecule has 0 spiro atoms. The molecule has 4 aromatic rings. The number of carbonyl (C=O) groups is 1. The maximum Gasteiger partial charge on any atom is 0.257 e. The maximum absolute atomic E-state index is 13.0. The van der Waals surface area contributed by atoms with E-state index < -0.39 is 0 Å². The Morgan fingerprint density at radius 3 is 2.45 bits per heavy atom. The fourth-order valence-corrected chi connectivity index (χ4v) is 3.17. The molecule has 4 rings (SSSR count). The van der Waals surface area contributed by atoms with E-state index in [2.05, 4.69) is 10.1 Å². The van der Waals surface area contributed by atoms with Crippen LogP contribution >= 0.6 is 0 Å². The minimum Gasteiger partial charge on any atom is -0.496 e. The normalized spacial score (nSPS) is 10.9. The molecule has 1 heterocycles. The summed E-state index contributed by atoms with van der Waals surface area (Å²) in [6.07, 6.45) is 0. The van der Waals surface area contributed by atoms with Crippen molar-refractivity contribution in [2.75, 3.05) is 14.2 Å². The number of aryl methyl sites for hydroxylation is 1. The number of methoxy groups -OCH3 is 1. The van der Waals surface area contributed by atoms with Crippen LogP contribution in [-0.2, 0) is 6.54 Å². The Bertz CT molecular complexity index is 1170. The van der Waals surface area contributed by atoms with Crippen LogP contribution < -0.4 is 4.74 Å². The first-order valence-electron chi connectivity index (χ1n) is 9.27. The van der Waals surface area contributed by atoms with Crippen molar-refractivity contribution >= 4 is 16.7 Å². The van der Waals surface area contributed by atoms with Crippen molar-refractivity contribution in [1.29, 1.82) is 0 Å². The van der Waals surface area contributed by atoms with Crippen molar-refractivity contribution in [2.45, 2.75) is 13.5 Å². The number of hydrogen-bond acceptors (Lipinski definition) is 5. The number of hydrogen-bond donors (Lipinski definition) is 0. The third-order valence-electron chi connectivity index (χ3n) is 4.80. The van der Waals surface area contributed by atoms with Crippen molar-refractivity contribution in [3.63, 3.8) is 0 Å². The number of amides is 1. The highest BCUT2D eigenvalue weighted by atomic mass is 16.5. The van der Waals surface area contributed by atoms with Crippen molar-refractivity contribution in [3.8, 4) is 17.1 Å². The molecular formula is C23H21N3O3. The lowest BCUT2D eigenvalue weighted by molar-refractivity contribution is 0.0766. The van der Waals surface area contributed by atoms with E-state index in [1.54, 1.807) is 19.1 Å². The summed E-state index contributed by atoms with van der Waals surface area (Å²) in [4.78, 5) is 19.0. The van der Waals surface area contributed by atoms with E-state index in [0.717, 1.165) is 21.9 Å². The molecule has 0 radical (unpaired) electrons. The molecule has 1 aromatic heterocycles. The van der Waals surface area contributed by atoms with Crippen LogP contribution in [0.3, 0.4) is 0 Å². The van der Waals surface area contributed by atoms with Crippen molar-refractivity contribution in [2.24, 2.45) is 0 Å². The summed E-state index contributed by atoms with van der Waals surface area (Å²) >= 11 is 0. The van der Waals surface area contributed by atoms with E-state index in [9.17, 15) is 4.79 Å². The molecule has 146 valence electrons. The lowest BCUT2D eigenvalue weighted by Gasteiger charge is -2.17. The molecule has 0 fully saturated rings. The molecular weight excluding hydrogens is 366 g/mol. The first-order chi connectivity index (χ1) is 14.0. The standard InChI is InChI=1S/C23H21N3O3/c1-15-8-10-16(11-9-15)22-24-21(29-25-22)14-26(2)23(27)19-12-17-6-4-5-7-18(17)13-20(19)28-3/h4-13H,14H2,1-3H3. The smallest absolute Gasteiger partial charge is 0.257 e. The predicted octanol–water partition coefficient (Wildman–Crippen LogP) is 4.48. The van der Waals surface area contributed by atoms with Crippen LogP contribution in [0.15, 0.2) is 65.2 Å². The molecule has 1 amide bonds. The van der Waals surface area contributed by atoms with Gasteiger partial charge in [0.25, 0.3) is 5.91 Å². The van der Waals surface area contributed by atoms with E-state index in [0.29, 0.717) is 23.0 Å². The number of fused-ring (bicyclic) bond motifs is 1. The van der Waals surface area contributed by atoms with E-state index in [-0.39, 0.29) is 12.5 Å². The summed E-state index contributed by atoms with van der Waals surface area (Å²) in [6.45, 7) is 2.22. The molecule has 0 unspecified atom stereocenters. The highest BCUT2D eigenvalue weighted by molar-refractivity contribution is 6.01. The van der Waals surface area contributed by atoms with Crippen LogP contribution in [0.5, 0.6) is 5.75 Å². The van der Waals surface area contributed by atoms with Gasteiger partial charge in [-0.2, -0.15) is 4.98 Å². The monoisotopic (exact) mass is 387 g/mol. The fourth-order valence-electron chi connectivity index (χ4n) is 3.17. The Hall–Kier alpha value is -3.67. The molecule has 0 saturated heterocycles. The van der Waals surface area contributed by atoms with Crippen molar-refractivity contribution in [3.05, 3.63) is 77.7 Å².